The lowest BCUT2D eigenvalue weighted by Gasteiger charge is -2.43. The number of allylic oxidation sites excluding steroid dienone is 1. The molecule has 2 aliphatic carbocycles. The monoisotopic (exact) mass is 504 g/mol. The van der Waals surface area contributed by atoms with Crippen LogP contribution in [0.1, 0.15) is 37.3 Å². The lowest BCUT2D eigenvalue weighted by Crippen LogP contribution is -2.49. The Balaban J connectivity index is 2.26. The minimum absolute atomic E-state index is 0.0148. The van der Waals surface area contributed by atoms with E-state index in [1.165, 1.54) is 13.0 Å². The molecule has 0 spiro atoms. The van der Waals surface area contributed by atoms with E-state index in [-0.39, 0.29) is 18.4 Å². The Kier molecular flexibility index (Phi) is 5.63. The first-order chi connectivity index (χ1) is 13.6. The topological polar surface area (TPSA) is 74.6 Å². The zero-order valence-corrected chi connectivity index (χ0v) is 18.3. The summed E-state index contributed by atoms with van der Waals surface area (Å²) in [5.74, 6) is -3.54. The molecule has 1 aromatic carbocycles. The van der Waals surface area contributed by atoms with Gasteiger partial charge in [0.2, 0.25) is 0 Å². The number of carboxylic acid groups (broad SMARTS) is 2. The molecule has 0 amide bonds. The van der Waals surface area contributed by atoms with Crippen molar-refractivity contribution >= 4 is 58.3 Å². The summed E-state index contributed by atoms with van der Waals surface area (Å²) in [6, 6.07) is 1.16. The number of carboxylic acids is 2. The first-order valence-electron chi connectivity index (χ1n) is 8.66. The molecular weight excluding hydrogens is 491 g/mol. The zero-order chi connectivity index (χ0) is 22.9. The van der Waals surface area contributed by atoms with Crippen LogP contribution in [0.5, 0.6) is 0 Å². The van der Waals surface area contributed by atoms with Gasteiger partial charge in [-0.1, -0.05) is 34.9 Å². The molecule has 0 radical (unpaired) electrons. The van der Waals surface area contributed by atoms with Gasteiger partial charge in [-0.2, -0.15) is 13.2 Å². The molecule has 0 aromatic heterocycles. The summed E-state index contributed by atoms with van der Waals surface area (Å²) < 4.78 is 38.0. The Morgan fingerprint density at radius 1 is 1.10 bits per heavy atom. The van der Waals surface area contributed by atoms with Crippen LogP contribution in [-0.4, -0.2) is 26.5 Å². The fourth-order valence-corrected chi connectivity index (χ4v) is 6.06. The smallest absolute Gasteiger partial charge is 0.416 e. The average molecular weight is 506 g/mol. The van der Waals surface area contributed by atoms with E-state index in [9.17, 15) is 33.0 Å². The second kappa shape index (κ2) is 7.19. The Labute approximate surface area is 189 Å². The fraction of sp³-hybridized carbons (Fsp3) is 0.474. The van der Waals surface area contributed by atoms with Gasteiger partial charge in [-0.15, -0.1) is 23.2 Å². The maximum Gasteiger partial charge on any atom is 0.416 e. The number of rotatable bonds is 4. The summed E-state index contributed by atoms with van der Waals surface area (Å²) in [6.45, 7) is 1.53. The van der Waals surface area contributed by atoms with Crippen molar-refractivity contribution in [2.24, 2.45) is 11.3 Å². The molecule has 3 rings (SSSR count). The molecule has 1 fully saturated rings. The van der Waals surface area contributed by atoms with Crippen molar-refractivity contribution in [1.29, 1.82) is 0 Å². The van der Waals surface area contributed by atoms with Crippen LogP contribution in [-0.2, 0) is 21.2 Å². The van der Waals surface area contributed by atoms with Crippen LogP contribution in [0, 0.1) is 11.3 Å². The molecule has 0 bridgehead atoms. The normalized spacial score (nSPS) is 30.5. The van der Waals surface area contributed by atoms with Gasteiger partial charge >= 0.3 is 18.1 Å². The molecular formula is C19H15Cl4F3O4. The predicted molar refractivity (Wildman–Crippen MR) is 106 cm³/mol. The van der Waals surface area contributed by atoms with E-state index < -0.39 is 61.2 Å². The number of carbonyl (C=O) groups is 2. The third kappa shape index (κ3) is 3.68. The second-order valence-corrected chi connectivity index (χ2v) is 10.3. The number of benzene rings is 1. The minimum atomic E-state index is -4.75. The molecule has 30 heavy (non-hydrogen) atoms. The van der Waals surface area contributed by atoms with Gasteiger partial charge in [0.1, 0.15) is 9.75 Å². The highest BCUT2D eigenvalue weighted by atomic mass is 35.5. The van der Waals surface area contributed by atoms with Crippen LogP contribution in [0.4, 0.5) is 13.2 Å². The molecule has 0 saturated heterocycles. The van der Waals surface area contributed by atoms with Crippen molar-refractivity contribution in [3.63, 3.8) is 0 Å². The Morgan fingerprint density at radius 3 is 1.97 bits per heavy atom. The van der Waals surface area contributed by atoms with E-state index in [1.54, 1.807) is 0 Å². The fourth-order valence-electron chi connectivity index (χ4n) is 4.51. The number of alkyl halides is 5. The largest absolute Gasteiger partial charge is 0.481 e. The molecule has 11 heteroatoms. The van der Waals surface area contributed by atoms with Gasteiger partial charge in [-0.3, -0.25) is 9.59 Å². The Morgan fingerprint density at radius 2 is 1.60 bits per heavy atom. The number of halogens is 7. The molecule has 0 aliphatic heterocycles. The van der Waals surface area contributed by atoms with E-state index >= 15 is 0 Å². The van der Waals surface area contributed by atoms with Crippen molar-refractivity contribution in [2.45, 2.75) is 42.1 Å². The Hall–Kier alpha value is -1.15. The summed E-state index contributed by atoms with van der Waals surface area (Å²) in [5, 5.41) is 19.1. The molecule has 1 saturated carbocycles. The maximum absolute atomic E-state index is 13.1. The summed E-state index contributed by atoms with van der Waals surface area (Å²) in [4.78, 5) is 24.8. The molecule has 4 nitrogen and oxygen atoms in total. The molecule has 1 aromatic rings. The van der Waals surface area contributed by atoms with Gasteiger partial charge in [-0.05, 0) is 38.3 Å². The summed E-state index contributed by atoms with van der Waals surface area (Å²) in [5.41, 5.74) is -4.78. The van der Waals surface area contributed by atoms with E-state index in [0.29, 0.717) is 17.7 Å². The molecule has 164 valence electrons. The quantitative estimate of drug-likeness (QED) is 0.370. The van der Waals surface area contributed by atoms with Crippen molar-refractivity contribution in [3.8, 4) is 0 Å². The highest BCUT2D eigenvalue weighted by Crippen LogP contribution is 2.67. The van der Waals surface area contributed by atoms with Gasteiger partial charge in [0, 0.05) is 21.5 Å². The van der Waals surface area contributed by atoms with Crippen LogP contribution >= 0.6 is 46.4 Å². The van der Waals surface area contributed by atoms with Crippen LogP contribution in [0.15, 0.2) is 23.8 Å². The molecule has 2 N–H and O–H groups in total. The third-order valence-corrected chi connectivity index (χ3v) is 7.23. The van der Waals surface area contributed by atoms with Crippen LogP contribution in [0.2, 0.25) is 10.0 Å². The third-order valence-electron chi connectivity index (χ3n) is 5.80. The number of hydrogen-bond donors (Lipinski definition) is 2. The van der Waals surface area contributed by atoms with Gasteiger partial charge in [0.15, 0.2) is 0 Å². The summed E-state index contributed by atoms with van der Waals surface area (Å²) in [7, 11) is 0. The van der Waals surface area contributed by atoms with E-state index in [0.717, 1.165) is 0 Å². The zero-order valence-electron chi connectivity index (χ0n) is 15.3. The first kappa shape index (κ1) is 23.5. The minimum Gasteiger partial charge on any atom is -0.481 e. The van der Waals surface area contributed by atoms with Crippen molar-refractivity contribution < 1.29 is 33.0 Å². The highest BCUT2D eigenvalue weighted by molar-refractivity contribution is 6.51. The lowest BCUT2D eigenvalue weighted by molar-refractivity contribution is -0.155. The molecule has 2 aliphatic rings. The van der Waals surface area contributed by atoms with Gasteiger partial charge in [0.25, 0.3) is 0 Å². The first-order valence-corrected chi connectivity index (χ1v) is 10.2. The van der Waals surface area contributed by atoms with Crippen LogP contribution in [0.3, 0.4) is 0 Å². The van der Waals surface area contributed by atoms with E-state index in [4.69, 9.17) is 46.4 Å². The molecule has 0 heterocycles. The highest BCUT2D eigenvalue weighted by Gasteiger charge is 2.69. The van der Waals surface area contributed by atoms with Gasteiger partial charge in [0.05, 0.1) is 11.0 Å². The van der Waals surface area contributed by atoms with Crippen molar-refractivity contribution in [2.75, 3.05) is 0 Å². The van der Waals surface area contributed by atoms with E-state index in [2.05, 4.69) is 0 Å². The lowest BCUT2D eigenvalue weighted by atomic mass is 9.59. The maximum atomic E-state index is 13.1. The second-order valence-electron chi connectivity index (χ2n) is 7.91. The Bertz CT molecular complexity index is 952. The number of hydrogen-bond acceptors (Lipinski definition) is 2. The number of aliphatic carboxylic acids is 2. The predicted octanol–water partition coefficient (Wildman–Crippen LogP) is 6.34. The summed E-state index contributed by atoms with van der Waals surface area (Å²) >= 11 is 24.5. The van der Waals surface area contributed by atoms with Crippen LogP contribution in [0.25, 0.3) is 0 Å². The molecule has 3 atom stereocenters. The van der Waals surface area contributed by atoms with E-state index in [1.807, 2.05) is 0 Å². The van der Waals surface area contributed by atoms with Crippen molar-refractivity contribution in [1.82, 2.24) is 0 Å². The van der Waals surface area contributed by atoms with Crippen molar-refractivity contribution in [3.05, 3.63) is 45.0 Å². The van der Waals surface area contributed by atoms with Gasteiger partial charge < -0.3 is 10.2 Å². The SMILES string of the molecule is CC1=CC(C(=O)O)(c2c(Cl)cc(C(F)(F)F)cc2Cl)CC(C(=O)O)(C2CC2(Cl)Cl)C1. The van der Waals surface area contributed by atoms with Crippen LogP contribution < -0.4 is 0 Å². The standard InChI is InChI=1S/C19H15Cl4F3O4/c1-8-4-16(14(27)28,12-6-18(12,22)23)7-17(5-8,15(29)30)13-10(20)2-9(3-11(13)21)19(24,25)26/h2-3,5,12H,4,6-7H2,1H3,(H,27,28)(H,29,30). The van der Waals surface area contributed by atoms with Gasteiger partial charge in [-0.25, -0.2) is 0 Å². The molecule has 3 unspecified atom stereocenters. The summed E-state index contributed by atoms with van der Waals surface area (Å²) in [6.07, 6.45) is -3.85. The average Bonchev–Trinajstić information content (AvgIpc) is 3.21.